The van der Waals surface area contributed by atoms with Gasteiger partial charge >= 0.3 is 5.97 Å². The molecule has 3 unspecified atom stereocenters. The first-order chi connectivity index (χ1) is 11.8. The number of hydrogen-bond donors (Lipinski definition) is 1. The highest BCUT2D eigenvalue weighted by Gasteiger charge is 2.59. The zero-order valence-corrected chi connectivity index (χ0v) is 15.6. The largest absolute Gasteiger partial charge is 0.481 e. The first-order valence-corrected chi connectivity index (χ1v) is 9.94. The molecule has 0 aromatic rings. The summed E-state index contributed by atoms with van der Waals surface area (Å²) in [7, 11) is 0. The van der Waals surface area contributed by atoms with Crippen LogP contribution in [0.25, 0.3) is 0 Å². The van der Waals surface area contributed by atoms with E-state index >= 15 is 0 Å². The number of fused-ring (bicyclic) bond motifs is 5. The summed E-state index contributed by atoms with van der Waals surface area (Å²) in [5.41, 5.74) is 1.54. The third-order valence-corrected chi connectivity index (χ3v) is 8.62. The van der Waals surface area contributed by atoms with Crippen molar-refractivity contribution in [2.24, 2.45) is 40.4 Å². The van der Waals surface area contributed by atoms with Crippen molar-refractivity contribution in [1.82, 2.24) is 0 Å². The number of aliphatic carboxylic acids is 1. The smallest absolute Gasteiger partial charge is 0.306 e. The molecule has 0 aromatic carbocycles. The van der Waals surface area contributed by atoms with E-state index in [4.69, 9.17) is 0 Å². The van der Waals surface area contributed by atoms with E-state index in [2.05, 4.69) is 19.9 Å². The lowest BCUT2D eigenvalue weighted by Crippen LogP contribution is -2.50. The highest BCUT2D eigenvalue weighted by molar-refractivity contribution is 6.01. The predicted molar refractivity (Wildman–Crippen MR) is 96.9 cm³/mol. The van der Waals surface area contributed by atoms with E-state index in [1.165, 1.54) is 18.4 Å². The Morgan fingerprint density at radius 3 is 2.68 bits per heavy atom. The third-order valence-electron chi connectivity index (χ3n) is 8.62. The van der Waals surface area contributed by atoms with Crippen LogP contribution in [0.15, 0.2) is 23.8 Å². The molecule has 3 fully saturated rings. The van der Waals surface area contributed by atoms with E-state index in [0.29, 0.717) is 23.7 Å². The van der Waals surface area contributed by atoms with Crippen LogP contribution in [0.1, 0.15) is 59.3 Å². The van der Waals surface area contributed by atoms with Gasteiger partial charge in [-0.05, 0) is 79.8 Å². The van der Waals surface area contributed by atoms with Crippen molar-refractivity contribution >= 4 is 11.8 Å². The maximum atomic E-state index is 11.8. The van der Waals surface area contributed by atoms with Gasteiger partial charge in [0.15, 0.2) is 5.78 Å². The average Bonchev–Trinajstić information content (AvgIpc) is 2.92. The fourth-order valence-corrected chi connectivity index (χ4v) is 7.23. The Labute approximate surface area is 150 Å². The predicted octanol–water partition coefficient (Wildman–Crippen LogP) is 4.63. The van der Waals surface area contributed by atoms with Crippen LogP contribution in [-0.2, 0) is 9.59 Å². The van der Waals surface area contributed by atoms with Gasteiger partial charge in [0.1, 0.15) is 0 Å². The highest BCUT2D eigenvalue weighted by atomic mass is 16.4. The number of hydrogen-bond acceptors (Lipinski definition) is 2. The molecule has 25 heavy (non-hydrogen) atoms. The van der Waals surface area contributed by atoms with E-state index in [1.54, 1.807) is 6.08 Å². The van der Waals surface area contributed by atoms with Gasteiger partial charge < -0.3 is 5.11 Å². The standard InChI is InChI=1S/C22H30O3/c1-13(20(24)25)17-6-7-18-16-5-4-14-12-15(23)8-10-21(14,2)19(16)9-11-22(17,18)3/h8,10,12-13,16-19H,4-7,9,11H2,1-3H3,(H,24,25)/t13-,16?,17+,18?,19?,21-,22+/m0/s1. The maximum absolute atomic E-state index is 11.8. The van der Waals surface area contributed by atoms with E-state index in [1.807, 2.05) is 13.0 Å². The summed E-state index contributed by atoms with van der Waals surface area (Å²) < 4.78 is 0. The molecule has 0 aliphatic heterocycles. The van der Waals surface area contributed by atoms with E-state index in [-0.39, 0.29) is 22.5 Å². The summed E-state index contributed by atoms with van der Waals surface area (Å²) >= 11 is 0. The Morgan fingerprint density at radius 2 is 1.96 bits per heavy atom. The molecule has 4 aliphatic carbocycles. The minimum Gasteiger partial charge on any atom is -0.481 e. The molecule has 0 bridgehead atoms. The van der Waals surface area contributed by atoms with Crippen LogP contribution in [0.2, 0.25) is 0 Å². The van der Waals surface area contributed by atoms with Crippen molar-refractivity contribution in [2.45, 2.75) is 59.3 Å². The molecule has 0 amide bonds. The Kier molecular flexibility index (Phi) is 3.79. The summed E-state index contributed by atoms with van der Waals surface area (Å²) in [6.45, 7) is 6.61. The number of ketones is 1. The van der Waals surface area contributed by atoms with Crippen molar-refractivity contribution in [3.05, 3.63) is 23.8 Å². The summed E-state index contributed by atoms with van der Waals surface area (Å²) in [4.78, 5) is 23.4. The van der Waals surface area contributed by atoms with Crippen LogP contribution in [0.3, 0.4) is 0 Å². The molecular weight excluding hydrogens is 312 g/mol. The monoisotopic (exact) mass is 342 g/mol. The number of carbonyl (C=O) groups is 2. The third kappa shape index (κ3) is 2.30. The summed E-state index contributed by atoms with van der Waals surface area (Å²) in [6, 6.07) is 0. The molecule has 7 atom stereocenters. The van der Waals surface area contributed by atoms with Crippen molar-refractivity contribution in [3.8, 4) is 0 Å². The van der Waals surface area contributed by atoms with Gasteiger partial charge in [0.05, 0.1) is 5.92 Å². The minimum absolute atomic E-state index is 0.0364. The molecular formula is C22H30O3. The van der Waals surface area contributed by atoms with Crippen LogP contribution in [-0.4, -0.2) is 16.9 Å². The van der Waals surface area contributed by atoms with Crippen molar-refractivity contribution in [3.63, 3.8) is 0 Å². The number of carbonyl (C=O) groups excluding carboxylic acids is 1. The molecule has 0 spiro atoms. The molecule has 136 valence electrons. The van der Waals surface area contributed by atoms with Gasteiger partial charge in [-0.3, -0.25) is 9.59 Å². The summed E-state index contributed by atoms with van der Waals surface area (Å²) in [5.74, 6) is 1.49. The molecule has 0 saturated heterocycles. The maximum Gasteiger partial charge on any atom is 0.306 e. The fraction of sp³-hybridized carbons (Fsp3) is 0.727. The lowest BCUT2D eigenvalue weighted by Gasteiger charge is -2.57. The average molecular weight is 342 g/mol. The van der Waals surface area contributed by atoms with Crippen LogP contribution in [0, 0.1) is 40.4 Å². The van der Waals surface area contributed by atoms with Gasteiger partial charge in [0.25, 0.3) is 0 Å². The van der Waals surface area contributed by atoms with Gasteiger partial charge in [-0.1, -0.05) is 32.4 Å². The minimum atomic E-state index is -0.636. The number of allylic oxidation sites excluding steroid dienone is 4. The van der Waals surface area contributed by atoms with Gasteiger partial charge in [-0.2, -0.15) is 0 Å². The first kappa shape index (κ1) is 17.1. The Balaban J connectivity index is 1.65. The Bertz CT molecular complexity index is 675. The van der Waals surface area contributed by atoms with Crippen LogP contribution < -0.4 is 0 Å². The summed E-state index contributed by atoms with van der Waals surface area (Å²) in [5, 5.41) is 9.55. The molecule has 3 nitrogen and oxygen atoms in total. The molecule has 3 heteroatoms. The Hall–Kier alpha value is -1.38. The number of carboxylic acids is 1. The van der Waals surface area contributed by atoms with Gasteiger partial charge in [0.2, 0.25) is 0 Å². The molecule has 4 aliphatic rings. The number of rotatable bonds is 2. The zero-order valence-electron chi connectivity index (χ0n) is 15.6. The van der Waals surface area contributed by atoms with Crippen molar-refractivity contribution in [2.75, 3.05) is 0 Å². The second-order valence-corrected chi connectivity index (χ2v) is 9.46. The molecule has 0 radical (unpaired) electrons. The normalized spacial score (nSPS) is 46.7. The van der Waals surface area contributed by atoms with Crippen LogP contribution in [0.5, 0.6) is 0 Å². The van der Waals surface area contributed by atoms with Gasteiger partial charge in [0, 0.05) is 5.41 Å². The van der Waals surface area contributed by atoms with Gasteiger partial charge in [-0.15, -0.1) is 0 Å². The molecule has 0 heterocycles. The van der Waals surface area contributed by atoms with Crippen molar-refractivity contribution in [1.29, 1.82) is 0 Å². The van der Waals surface area contributed by atoms with Crippen molar-refractivity contribution < 1.29 is 14.7 Å². The molecule has 3 saturated carbocycles. The van der Waals surface area contributed by atoms with Crippen LogP contribution >= 0.6 is 0 Å². The Morgan fingerprint density at radius 1 is 1.20 bits per heavy atom. The zero-order chi connectivity index (χ0) is 18.0. The second kappa shape index (κ2) is 5.56. The molecule has 4 rings (SSSR count). The highest BCUT2D eigenvalue weighted by Crippen LogP contribution is 2.66. The SMILES string of the molecule is C[C@H](C(=O)O)[C@H]1CCC2C3CCC4=CC(=O)C=C[C@]4(C)C3CC[C@@]21C. The fourth-order valence-electron chi connectivity index (χ4n) is 7.23. The lowest BCUT2D eigenvalue weighted by atomic mass is 9.47. The second-order valence-electron chi connectivity index (χ2n) is 9.46. The summed E-state index contributed by atoms with van der Waals surface area (Å²) in [6.07, 6.45) is 12.6. The first-order valence-electron chi connectivity index (χ1n) is 9.94. The van der Waals surface area contributed by atoms with Crippen LogP contribution in [0.4, 0.5) is 0 Å². The lowest BCUT2D eigenvalue weighted by molar-refractivity contribution is -0.146. The van der Waals surface area contributed by atoms with E-state index in [0.717, 1.165) is 25.7 Å². The topological polar surface area (TPSA) is 54.4 Å². The van der Waals surface area contributed by atoms with Gasteiger partial charge in [-0.25, -0.2) is 0 Å². The number of carboxylic acid groups (broad SMARTS) is 1. The quantitative estimate of drug-likeness (QED) is 0.796. The van der Waals surface area contributed by atoms with E-state index < -0.39 is 5.97 Å². The molecule has 1 N–H and O–H groups in total. The molecule has 0 aromatic heterocycles. The van der Waals surface area contributed by atoms with E-state index in [9.17, 15) is 14.7 Å².